The fourth-order valence-corrected chi connectivity index (χ4v) is 2.50. The average Bonchev–Trinajstić information content (AvgIpc) is 2.87. The van der Waals surface area contributed by atoms with Crippen molar-refractivity contribution in [3.8, 4) is 0 Å². The predicted octanol–water partition coefficient (Wildman–Crippen LogP) is 3.68. The standard InChI is InChI=1S/C18H18N2O2/c1-11-6-7-15-13(3)17(22-16(15)12(11)2)18(21)20-10-14-5-4-8-19-9-14/h4-9H,10H2,1-3H3,(H,20,21). The first-order valence-electron chi connectivity index (χ1n) is 7.24. The van der Waals surface area contributed by atoms with Crippen molar-refractivity contribution in [2.24, 2.45) is 0 Å². The zero-order valence-electron chi connectivity index (χ0n) is 12.9. The highest BCUT2D eigenvalue weighted by molar-refractivity contribution is 5.99. The second-order valence-corrected chi connectivity index (χ2v) is 5.48. The number of aromatic nitrogens is 1. The van der Waals surface area contributed by atoms with E-state index in [0.717, 1.165) is 33.2 Å². The van der Waals surface area contributed by atoms with Gasteiger partial charge in [-0.05, 0) is 43.5 Å². The first-order chi connectivity index (χ1) is 10.6. The number of rotatable bonds is 3. The van der Waals surface area contributed by atoms with Crippen LogP contribution in [0.4, 0.5) is 0 Å². The van der Waals surface area contributed by atoms with Crippen LogP contribution in [0.1, 0.15) is 32.8 Å². The number of fused-ring (bicyclic) bond motifs is 1. The van der Waals surface area contributed by atoms with Gasteiger partial charge in [0.1, 0.15) is 5.58 Å². The van der Waals surface area contributed by atoms with E-state index in [2.05, 4.69) is 16.4 Å². The van der Waals surface area contributed by atoms with Crippen LogP contribution in [0.3, 0.4) is 0 Å². The first-order valence-corrected chi connectivity index (χ1v) is 7.24. The van der Waals surface area contributed by atoms with Crippen LogP contribution in [0.25, 0.3) is 11.0 Å². The summed E-state index contributed by atoms with van der Waals surface area (Å²) in [5.74, 6) is 0.183. The van der Waals surface area contributed by atoms with E-state index in [-0.39, 0.29) is 5.91 Å². The molecule has 0 unspecified atom stereocenters. The first kappa shape index (κ1) is 14.3. The van der Waals surface area contributed by atoms with E-state index in [1.165, 1.54) is 0 Å². The summed E-state index contributed by atoms with van der Waals surface area (Å²) in [6, 6.07) is 7.83. The average molecular weight is 294 g/mol. The van der Waals surface area contributed by atoms with Crippen LogP contribution < -0.4 is 5.32 Å². The van der Waals surface area contributed by atoms with Crippen LogP contribution in [0.5, 0.6) is 0 Å². The van der Waals surface area contributed by atoms with E-state index in [0.29, 0.717) is 12.3 Å². The van der Waals surface area contributed by atoms with Gasteiger partial charge in [0.25, 0.3) is 5.91 Å². The van der Waals surface area contributed by atoms with E-state index in [9.17, 15) is 4.79 Å². The van der Waals surface area contributed by atoms with Crippen LogP contribution in [0.2, 0.25) is 0 Å². The number of aryl methyl sites for hydroxylation is 3. The largest absolute Gasteiger partial charge is 0.450 e. The molecule has 4 nitrogen and oxygen atoms in total. The second kappa shape index (κ2) is 5.64. The number of carbonyl (C=O) groups is 1. The number of amides is 1. The Morgan fingerprint density at radius 3 is 2.73 bits per heavy atom. The molecule has 0 aliphatic carbocycles. The van der Waals surface area contributed by atoms with Gasteiger partial charge < -0.3 is 9.73 Å². The Bertz CT molecular complexity index is 835. The zero-order chi connectivity index (χ0) is 15.7. The molecule has 2 aromatic heterocycles. The van der Waals surface area contributed by atoms with E-state index in [1.807, 2.05) is 39.0 Å². The summed E-state index contributed by atoms with van der Waals surface area (Å²) in [7, 11) is 0. The summed E-state index contributed by atoms with van der Waals surface area (Å²) in [5.41, 5.74) is 4.86. The molecule has 1 aromatic carbocycles. The number of benzene rings is 1. The molecule has 0 saturated heterocycles. The minimum absolute atomic E-state index is 0.199. The molecule has 0 aliphatic rings. The number of nitrogens with zero attached hydrogens (tertiary/aromatic N) is 1. The van der Waals surface area contributed by atoms with E-state index in [1.54, 1.807) is 12.4 Å². The molecule has 112 valence electrons. The molecule has 3 aromatic rings. The van der Waals surface area contributed by atoms with Gasteiger partial charge in [-0.3, -0.25) is 9.78 Å². The minimum atomic E-state index is -0.199. The van der Waals surface area contributed by atoms with Gasteiger partial charge in [-0.25, -0.2) is 0 Å². The quantitative estimate of drug-likeness (QED) is 0.801. The Morgan fingerprint density at radius 1 is 1.18 bits per heavy atom. The summed E-state index contributed by atoms with van der Waals surface area (Å²) >= 11 is 0. The normalized spacial score (nSPS) is 10.9. The van der Waals surface area contributed by atoms with Crippen molar-refractivity contribution in [3.05, 3.63) is 64.7 Å². The Hall–Kier alpha value is -2.62. The topological polar surface area (TPSA) is 55.1 Å². The SMILES string of the molecule is Cc1ccc2c(C)c(C(=O)NCc3cccnc3)oc2c1C. The van der Waals surface area contributed by atoms with Crippen molar-refractivity contribution >= 4 is 16.9 Å². The molecule has 22 heavy (non-hydrogen) atoms. The third kappa shape index (κ3) is 2.48. The molecule has 0 atom stereocenters. The number of pyridine rings is 1. The van der Waals surface area contributed by atoms with Crippen molar-refractivity contribution in [2.45, 2.75) is 27.3 Å². The van der Waals surface area contributed by atoms with Crippen molar-refractivity contribution in [1.82, 2.24) is 10.3 Å². The zero-order valence-corrected chi connectivity index (χ0v) is 12.9. The Labute approximate surface area is 129 Å². The maximum atomic E-state index is 12.4. The molecular formula is C18H18N2O2. The Morgan fingerprint density at radius 2 is 2.00 bits per heavy atom. The third-order valence-corrected chi connectivity index (χ3v) is 4.01. The molecule has 4 heteroatoms. The van der Waals surface area contributed by atoms with Crippen LogP contribution in [0.15, 0.2) is 41.1 Å². The molecule has 0 bridgehead atoms. The molecule has 0 radical (unpaired) electrons. The molecule has 1 N–H and O–H groups in total. The lowest BCUT2D eigenvalue weighted by atomic mass is 10.0. The molecule has 0 saturated carbocycles. The fourth-order valence-electron chi connectivity index (χ4n) is 2.50. The molecule has 0 spiro atoms. The van der Waals surface area contributed by atoms with Gasteiger partial charge in [0.05, 0.1) is 0 Å². The number of carbonyl (C=O) groups excluding carboxylic acids is 1. The minimum Gasteiger partial charge on any atom is -0.450 e. The lowest BCUT2D eigenvalue weighted by Crippen LogP contribution is -2.23. The third-order valence-electron chi connectivity index (χ3n) is 4.01. The summed E-state index contributed by atoms with van der Waals surface area (Å²) in [6.45, 7) is 6.40. The van der Waals surface area contributed by atoms with Crippen LogP contribution >= 0.6 is 0 Å². The van der Waals surface area contributed by atoms with Crippen molar-refractivity contribution in [3.63, 3.8) is 0 Å². The van der Waals surface area contributed by atoms with Gasteiger partial charge >= 0.3 is 0 Å². The lowest BCUT2D eigenvalue weighted by molar-refractivity contribution is 0.0924. The van der Waals surface area contributed by atoms with Gasteiger partial charge in [0, 0.05) is 29.9 Å². The highest BCUT2D eigenvalue weighted by atomic mass is 16.3. The number of hydrogen-bond acceptors (Lipinski definition) is 3. The van der Waals surface area contributed by atoms with Crippen molar-refractivity contribution < 1.29 is 9.21 Å². The lowest BCUT2D eigenvalue weighted by Gasteiger charge is -2.03. The molecular weight excluding hydrogens is 276 g/mol. The highest BCUT2D eigenvalue weighted by Crippen LogP contribution is 2.29. The molecule has 3 rings (SSSR count). The number of hydrogen-bond donors (Lipinski definition) is 1. The van der Waals surface area contributed by atoms with Gasteiger partial charge in [-0.2, -0.15) is 0 Å². The summed E-state index contributed by atoms with van der Waals surface area (Å²) < 4.78 is 5.83. The van der Waals surface area contributed by atoms with Crippen molar-refractivity contribution in [1.29, 1.82) is 0 Å². The highest BCUT2D eigenvalue weighted by Gasteiger charge is 2.18. The van der Waals surface area contributed by atoms with Gasteiger partial charge in [-0.15, -0.1) is 0 Å². The second-order valence-electron chi connectivity index (χ2n) is 5.48. The van der Waals surface area contributed by atoms with Gasteiger partial charge in [0.2, 0.25) is 0 Å². The van der Waals surface area contributed by atoms with Crippen LogP contribution in [-0.4, -0.2) is 10.9 Å². The molecule has 0 aliphatic heterocycles. The molecule has 2 heterocycles. The van der Waals surface area contributed by atoms with Crippen LogP contribution in [0, 0.1) is 20.8 Å². The van der Waals surface area contributed by atoms with Gasteiger partial charge in [-0.1, -0.05) is 18.2 Å². The van der Waals surface area contributed by atoms with Crippen molar-refractivity contribution in [2.75, 3.05) is 0 Å². The monoisotopic (exact) mass is 294 g/mol. The summed E-state index contributed by atoms with van der Waals surface area (Å²) in [4.78, 5) is 16.4. The molecule has 0 fully saturated rings. The van der Waals surface area contributed by atoms with Gasteiger partial charge in [0.15, 0.2) is 5.76 Å². The fraction of sp³-hybridized carbons (Fsp3) is 0.222. The maximum Gasteiger partial charge on any atom is 0.287 e. The van der Waals surface area contributed by atoms with Crippen LogP contribution in [-0.2, 0) is 6.54 Å². The Balaban J connectivity index is 1.88. The maximum absolute atomic E-state index is 12.4. The predicted molar refractivity (Wildman–Crippen MR) is 85.8 cm³/mol. The Kier molecular flexibility index (Phi) is 3.67. The summed E-state index contributed by atoms with van der Waals surface area (Å²) in [5, 5.41) is 3.87. The van der Waals surface area contributed by atoms with E-state index < -0.39 is 0 Å². The van der Waals surface area contributed by atoms with E-state index in [4.69, 9.17) is 4.42 Å². The molecule has 1 amide bonds. The smallest absolute Gasteiger partial charge is 0.287 e. The number of nitrogens with one attached hydrogen (secondary N) is 1. The number of furan rings is 1. The summed E-state index contributed by atoms with van der Waals surface area (Å²) in [6.07, 6.45) is 3.44. The van der Waals surface area contributed by atoms with E-state index >= 15 is 0 Å².